The summed E-state index contributed by atoms with van der Waals surface area (Å²) in [5.74, 6) is 0.849. The summed E-state index contributed by atoms with van der Waals surface area (Å²) in [6, 6.07) is 9.49. The van der Waals surface area contributed by atoms with Crippen molar-refractivity contribution in [1.29, 1.82) is 0 Å². The van der Waals surface area contributed by atoms with E-state index in [1.54, 1.807) is 37.5 Å². The van der Waals surface area contributed by atoms with Crippen LogP contribution in [-0.2, 0) is 19.6 Å². The number of ether oxygens (including phenoxy) is 1. The molecule has 0 spiro atoms. The molecule has 1 aromatic carbocycles. The SMILES string of the molecule is COCCN1C(=O)C(=Cc2ccc(-c3ccc(S(N)(=O)=O)cc3)o2)SC1=S. The molecule has 1 aromatic heterocycles. The molecule has 2 heterocycles. The van der Waals surface area contributed by atoms with Crippen LogP contribution in [0.3, 0.4) is 0 Å². The van der Waals surface area contributed by atoms with E-state index in [0.717, 1.165) is 0 Å². The lowest BCUT2D eigenvalue weighted by Crippen LogP contribution is -2.31. The largest absolute Gasteiger partial charge is 0.457 e. The highest BCUT2D eigenvalue weighted by Gasteiger charge is 2.31. The van der Waals surface area contributed by atoms with Crippen molar-refractivity contribution in [2.45, 2.75) is 4.90 Å². The number of benzene rings is 1. The first-order chi connectivity index (χ1) is 12.8. The Balaban J connectivity index is 1.79. The van der Waals surface area contributed by atoms with Crippen LogP contribution in [0.15, 0.2) is 50.6 Å². The van der Waals surface area contributed by atoms with Gasteiger partial charge in [-0.2, -0.15) is 0 Å². The molecule has 0 unspecified atom stereocenters. The zero-order chi connectivity index (χ0) is 19.6. The summed E-state index contributed by atoms with van der Waals surface area (Å²) in [5.41, 5.74) is 0.690. The van der Waals surface area contributed by atoms with Gasteiger partial charge in [-0.25, -0.2) is 13.6 Å². The minimum Gasteiger partial charge on any atom is -0.457 e. The molecule has 1 saturated heterocycles. The van der Waals surface area contributed by atoms with Crippen molar-refractivity contribution in [1.82, 2.24) is 4.90 Å². The van der Waals surface area contributed by atoms with Gasteiger partial charge in [0.2, 0.25) is 10.0 Å². The quantitative estimate of drug-likeness (QED) is 0.561. The van der Waals surface area contributed by atoms with Crippen molar-refractivity contribution >= 4 is 50.3 Å². The van der Waals surface area contributed by atoms with Gasteiger partial charge in [-0.05, 0) is 36.4 Å². The van der Waals surface area contributed by atoms with E-state index in [2.05, 4.69) is 0 Å². The number of hydrogen-bond donors (Lipinski definition) is 1. The third kappa shape index (κ3) is 4.47. The molecule has 3 rings (SSSR count). The molecule has 27 heavy (non-hydrogen) atoms. The number of nitrogens with two attached hydrogens (primary N) is 1. The Morgan fingerprint density at radius 3 is 2.59 bits per heavy atom. The van der Waals surface area contributed by atoms with E-state index < -0.39 is 10.0 Å². The Labute approximate surface area is 166 Å². The topological polar surface area (TPSA) is 103 Å². The van der Waals surface area contributed by atoms with Crippen LogP contribution in [0.2, 0.25) is 0 Å². The molecule has 1 amide bonds. The zero-order valence-electron chi connectivity index (χ0n) is 14.2. The van der Waals surface area contributed by atoms with Crippen molar-refractivity contribution in [2.24, 2.45) is 5.14 Å². The summed E-state index contributed by atoms with van der Waals surface area (Å²) in [4.78, 5) is 14.4. The van der Waals surface area contributed by atoms with Crippen LogP contribution in [-0.4, -0.2) is 43.8 Å². The molecule has 7 nitrogen and oxygen atoms in total. The van der Waals surface area contributed by atoms with Gasteiger partial charge in [0.1, 0.15) is 15.8 Å². The van der Waals surface area contributed by atoms with E-state index in [4.69, 9.17) is 26.5 Å². The van der Waals surface area contributed by atoms with E-state index in [-0.39, 0.29) is 10.8 Å². The summed E-state index contributed by atoms with van der Waals surface area (Å²) in [5, 5.41) is 5.09. The average molecular weight is 425 g/mol. The molecule has 2 N–H and O–H groups in total. The predicted molar refractivity (Wildman–Crippen MR) is 107 cm³/mol. The number of hydrogen-bond acceptors (Lipinski definition) is 7. The van der Waals surface area contributed by atoms with E-state index >= 15 is 0 Å². The number of methoxy groups -OCH3 is 1. The Morgan fingerprint density at radius 2 is 1.96 bits per heavy atom. The van der Waals surface area contributed by atoms with Crippen LogP contribution in [0.4, 0.5) is 0 Å². The molecular weight excluding hydrogens is 408 g/mol. The third-order valence-electron chi connectivity index (χ3n) is 3.76. The van der Waals surface area contributed by atoms with E-state index in [9.17, 15) is 13.2 Å². The van der Waals surface area contributed by atoms with E-state index in [1.165, 1.54) is 28.8 Å². The number of primary sulfonamides is 1. The second-order valence-electron chi connectivity index (χ2n) is 5.60. The summed E-state index contributed by atoms with van der Waals surface area (Å²) < 4.78 is 33.9. The van der Waals surface area contributed by atoms with E-state index in [0.29, 0.717) is 39.5 Å². The average Bonchev–Trinajstić information content (AvgIpc) is 3.18. The standard InChI is InChI=1S/C17H16N2O5S3/c1-23-9-8-19-16(20)15(26-17(19)25)10-12-4-7-14(24-12)11-2-5-13(6-3-11)27(18,21)22/h2-7,10H,8-9H2,1H3,(H2,18,21,22). The molecule has 142 valence electrons. The number of nitrogens with zero attached hydrogens (tertiary/aromatic N) is 1. The Bertz CT molecular complexity index is 1010. The zero-order valence-corrected chi connectivity index (χ0v) is 16.7. The Kier molecular flexibility index (Phi) is 5.82. The lowest BCUT2D eigenvalue weighted by Gasteiger charge is -2.12. The molecule has 0 aliphatic carbocycles. The molecule has 0 atom stereocenters. The highest BCUT2D eigenvalue weighted by Crippen LogP contribution is 2.33. The maximum atomic E-state index is 12.4. The number of furan rings is 1. The van der Waals surface area contributed by atoms with Gasteiger partial charge in [0, 0.05) is 18.7 Å². The van der Waals surface area contributed by atoms with Crippen molar-refractivity contribution < 1.29 is 22.4 Å². The molecule has 1 aliphatic rings. The minimum absolute atomic E-state index is 0.0257. The molecule has 1 aliphatic heterocycles. The fraction of sp³-hybridized carbons (Fsp3) is 0.176. The molecule has 0 bridgehead atoms. The van der Waals surface area contributed by atoms with Crippen molar-refractivity contribution in [3.8, 4) is 11.3 Å². The summed E-state index contributed by atoms with van der Waals surface area (Å²) in [6.07, 6.45) is 1.63. The fourth-order valence-corrected chi connectivity index (χ4v) is 4.20. The number of carbonyl (C=O) groups excluding carboxylic acids is 1. The molecule has 0 saturated carbocycles. The fourth-order valence-electron chi connectivity index (χ4n) is 2.40. The Hall–Kier alpha value is -1.98. The van der Waals surface area contributed by atoms with Crippen molar-refractivity contribution in [3.63, 3.8) is 0 Å². The minimum atomic E-state index is -3.74. The van der Waals surface area contributed by atoms with Crippen molar-refractivity contribution in [3.05, 3.63) is 47.1 Å². The second-order valence-corrected chi connectivity index (χ2v) is 8.83. The smallest absolute Gasteiger partial charge is 0.266 e. The van der Waals surface area contributed by atoms with Crippen LogP contribution in [0.1, 0.15) is 5.76 Å². The molecule has 10 heteroatoms. The van der Waals surface area contributed by atoms with Gasteiger partial charge in [-0.15, -0.1) is 0 Å². The van der Waals surface area contributed by atoms with Gasteiger partial charge in [-0.1, -0.05) is 24.0 Å². The van der Waals surface area contributed by atoms with Gasteiger partial charge in [0.15, 0.2) is 0 Å². The van der Waals surface area contributed by atoms with Crippen LogP contribution in [0.25, 0.3) is 17.4 Å². The number of carbonyl (C=O) groups is 1. The number of rotatable bonds is 6. The highest BCUT2D eigenvalue weighted by molar-refractivity contribution is 8.26. The summed E-state index contributed by atoms with van der Waals surface area (Å²) >= 11 is 6.44. The second kappa shape index (κ2) is 7.95. The molecular formula is C17H16N2O5S3. The van der Waals surface area contributed by atoms with Gasteiger partial charge in [0.25, 0.3) is 5.91 Å². The lowest BCUT2D eigenvalue weighted by molar-refractivity contribution is -0.122. The van der Waals surface area contributed by atoms with Crippen LogP contribution >= 0.6 is 24.0 Å². The van der Waals surface area contributed by atoms with Crippen LogP contribution in [0, 0.1) is 0 Å². The third-order valence-corrected chi connectivity index (χ3v) is 6.07. The maximum absolute atomic E-state index is 12.4. The van der Waals surface area contributed by atoms with Crippen molar-refractivity contribution in [2.75, 3.05) is 20.3 Å². The predicted octanol–water partition coefficient (Wildman–Crippen LogP) is 2.44. The normalized spacial score (nSPS) is 16.5. The monoisotopic (exact) mass is 424 g/mol. The van der Waals surface area contributed by atoms with E-state index in [1.807, 2.05) is 0 Å². The number of amides is 1. The molecule has 2 aromatic rings. The Morgan fingerprint density at radius 1 is 1.26 bits per heavy atom. The number of thioether (sulfide) groups is 1. The van der Waals surface area contributed by atoms with Gasteiger partial charge in [-0.3, -0.25) is 9.69 Å². The van der Waals surface area contributed by atoms with Crippen LogP contribution in [0.5, 0.6) is 0 Å². The first kappa shape index (κ1) is 19.8. The van der Waals surface area contributed by atoms with Gasteiger partial charge in [0.05, 0.1) is 23.0 Å². The summed E-state index contributed by atoms with van der Waals surface area (Å²) in [7, 11) is -2.18. The maximum Gasteiger partial charge on any atom is 0.266 e. The first-order valence-electron chi connectivity index (χ1n) is 7.77. The summed E-state index contributed by atoms with van der Waals surface area (Å²) in [6.45, 7) is 0.803. The molecule has 0 radical (unpaired) electrons. The lowest BCUT2D eigenvalue weighted by atomic mass is 10.2. The van der Waals surface area contributed by atoms with Gasteiger partial charge < -0.3 is 9.15 Å². The van der Waals surface area contributed by atoms with Crippen LogP contribution < -0.4 is 5.14 Å². The van der Waals surface area contributed by atoms with Gasteiger partial charge >= 0.3 is 0 Å². The first-order valence-corrected chi connectivity index (χ1v) is 10.5. The molecule has 1 fully saturated rings. The number of sulfonamides is 1. The highest BCUT2D eigenvalue weighted by atomic mass is 32.2. The number of thiocarbonyl (C=S) groups is 1.